The fraction of sp³-hybridized carbons (Fsp3) is 0.250. The number of aromatic nitrogens is 3. The lowest BCUT2D eigenvalue weighted by molar-refractivity contribution is -0.115. The van der Waals surface area contributed by atoms with Gasteiger partial charge in [0.25, 0.3) is 0 Å². The average molecular weight is 262 g/mol. The highest BCUT2D eigenvalue weighted by atomic mass is 16.5. The molecule has 7 heteroatoms. The third-order valence-corrected chi connectivity index (χ3v) is 2.34. The number of benzene rings is 1. The molecule has 100 valence electrons. The van der Waals surface area contributed by atoms with E-state index < -0.39 is 0 Å². The molecular weight excluding hydrogens is 248 g/mol. The van der Waals surface area contributed by atoms with Crippen LogP contribution < -0.4 is 10.1 Å². The smallest absolute Gasteiger partial charge is 0.337 e. The second-order valence-electron chi connectivity index (χ2n) is 3.75. The number of hydrogen-bond acceptors (Lipinski definition) is 5. The molecular formula is C12H14N4O3. The minimum atomic E-state index is -0.305. The Morgan fingerprint density at radius 2 is 2.26 bits per heavy atom. The molecule has 0 spiro atoms. The minimum absolute atomic E-state index is 0.0529. The minimum Gasteiger partial charge on any atom is -0.508 e. The number of ether oxygens (including phenoxy) is 1. The van der Waals surface area contributed by atoms with Crippen LogP contribution in [0.2, 0.25) is 0 Å². The predicted octanol–water partition coefficient (Wildman–Crippen LogP) is 1.09. The van der Waals surface area contributed by atoms with Crippen LogP contribution in [-0.4, -0.2) is 32.8 Å². The number of hydrogen-bond donors (Lipinski definition) is 3. The summed E-state index contributed by atoms with van der Waals surface area (Å²) in [4.78, 5) is 15.7. The summed E-state index contributed by atoms with van der Waals surface area (Å²) in [6, 6.07) is 6.84. The van der Waals surface area contributed by atoms with Gasteiger partial charge in [0, 0.05) is 5.56 Å². The summed E-state index contributed by atoms with van der Waals surface area (Å²) in [5.41, 5.74) is 0.546. The average Bonchev–Trinajstić information content (AvgIpc) is 2.80. The maximum atomic E-state index is 11.8. The Balaban J connectivity index is 1.95. The van der Waals surface area contributed by atoms with Crippen molar-refractivity contribution in [3.05, 3.63) is 29.8 Å². The highest BCUT2D eigenvalue weighted by molar-refractivity contribution is 5.91. The van der Waals surface area contributed by atoms with Gasteiger partial charge in [-0.1, -0.05) is 18.2 Å². The molecule has 19 heavy (non-hydrogen) atoms. The SMILES string of the molecule is CCOc1n[nH]c(NC(=O)Cc2ccccc2O)n1. The van der Waals surface area contributed by atoms with Crippen molar-refractivity contribution in [1.82, 2.24) is 15.2 Å². The van der Waals surface area contributed by atoms with Crippen LogP contribution in [0, 0.1) is 0 Å². The van der Waals surface area contributed by atoms with Crippen molar-refractivity contribution in [2.24, 2.45) is 0 Å². The molecule has 1 heterocycles. The van der Waals surface area contributed by atoms with E-state index in [9.17, 15) is 9.90 Å². The first kappa shape index (κ1) is 12.9. The van der Waals surface area contributed by atoms with Crippen molar-refractivity contribution in [1.29, 1.82) is 0 Å². The number of nitrogens with zero attached hydrogens (tertiary/aromatic N) is 2. The van der Waals surface area contributed by atoms with Crippen molar-refractivity contribution < 1.29 is 14.6 Å². The number of H-pyrrole nitrogens is 1. The van der Waals surface area contributed by atoms with Crippen molar-refractivity contribution >= 4 is 11.9 Å². The summed E-state index contributed by atoms with van der Waals surface area (Å²) in [6.45, 7) is 2.26. The van der Waals surface area contributed by atoms with Crippen LogP contribution in [0.15, 0.2) is 24.3 Å². The molecule has 0 unspecified atom stereocenters. The molecule has 0 atom stereocenters. The summed E-state index contributed by atoms with van der Waals surface area (Å²) in [6.07, 6.45) is 0.0529. The monoisotopic (exact) mass is 262 g/mol. The first-order valence-electron chi connectivity index (χ1n) is 5.81. The number of carbonyl (C=O) groups is 1. The fourth-order valence-electron chi connectivity index (χ4n) is 1.51. The molecule has 7 nitrogen and oxygen atoms in total. The fourth-order valence-corrected chi connectivity index (χ4v) is 1.51. The van der Waals surface area contributed by atoms with Crippen molar-refractivity contribution in [2.45, 2.75) is 13.3 Å². The zero-order valence-corrected chi connectivity index (χ0v) is 10.4. The van der Waals surface area contributed by atoms with E-state index in [4.69, 9.17) is 4.74 Å². The molecule has 0 saturated heterocycles. The Bertz CT molecular complexity index is 568. The number of carbonyl (C=O) groups excluding carboxylic acids is 1. The normalized spacial score (nSPS) is 10.2. The Kier molecular flexibility index (Phi) is 3.97. The van der Waals surface area contributed by atoms with Gasteiger partial charge < -0.3 is 9.84 Å². The molecule has 2 rings (SSSR count). The summed E-state index contributed by atoms with van der Waals surface area (Å²) < 4.78 is 5.06. The van der Waals surface area contributed by atoms with E-state index in [0.717, 1.165) is 0 Å². The second kappa shape index (κ2) is 5.85. The van der Waals surface area contributed by atoms with Crippen LogP contribution in [0.4, 0.5) is 5.95 Å². The van der Waals surface area contributed by atoms with E-state index >= 15 is 0 Å². The maximum Gasteiger partial charge on any atom is 0.337 e. The van der Waals surface area contributed by atoms with Gasteiger partial charge in [0.05, 0.1) is 13.0 Å². The number of phenolic OH excluding ortho intramolecular Hbond substituents is 1. The van der Waals surface area contributed by atoms with Gasteiger partial charge in [-0.3, -0.25) is 10.1 Å². The van der Waals surface area contributed by atoms with Gasteiger partial charge in [0.2, 0.25) is 11.9 Å². The van der Waals surface area contributed by atoms with E-state index in [-0.39, 0.29) is 30.0 Å². The van der Waals surface area contributed by atoms with Crippen LogP contribution in [0.3, 0.4) is 0 Å². The third kappa shape index (κ3) is 3.44. The van der Waals surface area contributed by atoms with Crippen molar-refractivity contribution in [3.8, 4) is 11.8 Å². The number of phenols is 1. The number of nitrogens with one attached hydrogen (secondary N) is 2. The van der Waals surface area contributed by atoms with E-state index in [0.29, 0.717) is 12.2 Å². The molecule has 0 radical (unpaired) electrons. The first-order chi connectivity index (χ1) is 9.19. The standard InChI is InChI=1S/C12H14N4O3/c1-2-19-12-14-11(15-16-12)13-10(18)7-8-5-3-4-6-9(8)17/h3-6,17H,2,7H2,1H3,(H2,13,14,15,16,18). The topological polar surface area (TPSA) is 100 Å². The van der Waals surface area contributed by atoms with Gasteiger partial charge in [0.15, 0.2) is 0 Å². The second-order valence-corrected chi connectivity index (χ2v) is 3.75. The molecule has 1 amide bonds. The zero-order valence-electron chi connectivity index (χ0n) is 10.4. The molecule has 1 aromatic heterocycles. The number of rotatable bonds is 5. The third-order valence-electron chi connectivity index (χ3n) is 2.34. The van der Waals surface area contributed by atoms with E-state index in [1.165, 1.54) is 6.07 Å². The van der Waals surface area contributed by atoms with E-state index in [1.807, 2.05) is 6.92 Å². The number of anilines is 1. The summed E-state index contributed by atoms with van der Waals surface area (Å²) in [5.74, 6) is -0.00482. The van der Waals surface area contributed by atoms with Crippen LogP contribution in [0.5, 0.6) is 11.8 Å². The highest BCUT2D eigenvalue weighted by Gasteiger charge is 2.10. The maximum absolute atomic E-state index is 11.8. The number of aromatic hydroxyl groups is 1. The van der Waals surface area contributed by atoms with Crippen LogP contribution >= 0.6 is 0 Å². The largest absolute Gasteiger partial charge is 0.508 e. The Morgan fingerprint density at radius 3 is 3.00 bits per heavy atom. The van der Waals surface area contributed by atoms with Crippen LogP contribution in [-0.2, 0) is 11.2 Å². The molecule has 3 N–H and O–H groups in total. The van der Waals surface area contributed by atoms with Crippen molar-refractivity contribution in [2.75, 3.05) is 11.9 Å². The van der Waals surface area contributed by atoms with Crippen LogP contribution in [0.1, 0.15) is 12.5 Å². The lowest BCUT2D eigenvalue weighted by Crippen LogP contribution is -2.15. The van der Waals surface area contributed by atoms with Crippen LogP contribution in [0.25, 0.3) is 0 Å². The summed E-state index contributed by atoms with van der Waals surface area (Å²) >= 11 is 0. The molecule has 0 saturated carbocycles. The number of aromatic amines is 1. The van der Waals surface area contributed by atoms with E-state index in [1.54, 1.807) is 18.2 Å². The van der Waals surface area contributed by atoms with Gasteiger partial charge >= 0.3 is 6.01 Å². The van der Waals surface area contributed by atoms with Gasteiger partial charge in [0.1, 0.15) is 5.75 Å². The quantitative estimate of drug-likeness (QED) is 0.749. The lowest BCUT2D eigenvalue weighted by Gasteiger charge is -2.03. The molecule has 0 bridgehead atoms. The molecule has 2 aromatic rings. The Labute approximate surface area is 109 Å². The van der Waals surface area contributed by atoms with Gasteiger partial charge in [-0.05, 0) is 13.0 Å². The van der Waals surface area contributed by atoms with E-state index in [2.05, 4.69) is 20.5 Å². The molecule has 0 aliphatic rings. The summed E-state index contributed by atoms with van der Waals surface area (Å²) in [7, 11) is 0. The van der Waals surface area contributed by atoms with Gasteiger partial charge in [-0.2, -0.15) is 4.98 Å². The van der Waals surface area contributed by atoms with Gasteiger partial charge in [-0.25, -0.2) is 5.10 Å². The summed E-state index contributed by atoms with van der Waals surface area (Å²) in [5, 5.41) is 18.4. The van der Waals surface area contributed by atoms with Gasteiger partial charge in [-0.15, -0.1) is 5.10 Å². The zero-order chi connectivity index (χ0) is 13.7. The molecule has 0 fully saturated rings. The first-order valence-corrected chi connectivity index (χ1v) is 5.81. The molecule has 0 aliphatic carbocycles. The lowest BCUT2D eigenvalue weighted by atomic mass is 10.1. The number of para-hydroxylation sites is 1. The number of amides is 1. The highest BCUT2D eigenvalue weighted by Crippen LogP contribution is 2.16. The van der Waals surface area contributed by atoms with Crippen molar-refractivity contribution in [3.63, 3.8) is 0 Å². The Hall–Kier alpha value is -2.57. The Morgan fingerprint density at radius 1 is 1.47 bits per heavy atom. The molecule has 1 aromatic carbocycles. The predicted molar refractivity (Wildman–Crippen MR) is 68.0 cm³/mol. The molecule has 0 aliphatic heterocycles.